The maximum atomic E-state index is 11.2. The van der Waals surface area contributed by atoms with Gasteiger partial charge in [0.1, 0.15) is 6.54 Å². The molecule has 0 bridgehead atoms. The molecule has 0 aliphatic carbocycles. The fraction of sp³-hybridized carbons (Fsp3) is 0.0833. The highest BCUT2D eigenvalue weighted by molar-refractivity contribution is 7.99. The van der Waals surface area contributed by atoms with E-state index in [1.165, 1.54) is 12.1 Å². The van der Waals surface area contributed by atoms with Gasteiger partial charge in [0.2, 0.25) is 0 Å². The van der Waals surface area contributed by atoms with Gasteiger partial charge in [-0.15, -0.1) is 11.3 Å². The van der Waals surface area contributed by atoms with E-state index in [1.807, 2.05) is 40.0 Å². The second kappa shape index (κ2) is 4.84. The van der Waals surface area contributed by atoms with Crippen molar-refractivity contribution in [2.45, 2.75) is 0 Å². The summed E-state index contributed by atoms with van der Waals surface area (Å²) in [6.45, 7) is 0.343. The first-order valence-electron chi connectivity index (χ1n) is 5.31. The molecule has 1 N–H and O–H groups in total. The zero-order valence-corrected chi connectivity index (χ0v) is 11.6. The molecule has 0 saturated carbocycles. The molecular formula is C12H9ClN2OS2. The molecule has 3 rings (SSSR count). The van der Waals surface area contributed by atoms with Gasteiger partial charge in [0.15, 0.2) is 0 Å². The summed E-state index contributed by atoms with van der Waals surface area (Å²) in [5.74, 6) is 0.00327. The molecule has 1 aromatic heterocycles. The van der Waals surface area contributed by atoms with Crippen molar-refractivity contribution in [2.75, 3.05) is 10.8 Å². The molecule has 6 heteroatoms. The standard InChI is InChI=1S/C12H9ClN2OS2/c13-11-9(15-6-10(16)14-18-15)7-17-12(11)8-4-2-1-3-5-8/h1-5,7H,6H2,(H,14,16). The molecule has 1 aromatic carbocycles. The van der Waals surface area contributed by atoms with E-state index < -0.39 is 0 Å². The van der Waals surface area contributed by atoms with Gasteiger partial charge in [0.25, 0.3) is 5.91 Å². The van der Waals surface area contributed by atoms with Crippen molar-refractivity contribution >= 4 is 46.7 Å². The highest BCUT2D eigenvalue weighted by atomic mass is 35.5. The highest BCUT2D eigenvalue weighted by Gasteiger charge is 2.24. The predicted octanol–water partition coefficient (Wildman–Crippen LogP) is 3.57. The molecule has 0 spiro atoms. The molecule has 2 aromatic rings. The van der Waals surface area contributed by atoms with Crippen molar-refractivity contribution in [1.29, 1.82) is 0 Å². The lowest BCUT2D eigenvalue weighted by molar-refractivity contribution is -0.117. The second-order valence-corrected chi connectivity index (χ2v) is 5.87. The largest absolute Gasteiger partial charge is 0.287 e. The van der Waals surface area contributed by atoms with Crippen LogP contribution < -0.4 is 9.03 Å². The quantitative estimate of drug-likeness (QED) is 0.860. The van der Waals surface area contributed by atoms with E-state index in [4.69, 9.17) is 11.6 Å². The van der Waals surface area contributed by atoms with Gasteiger partial charge in [-0.05, 0) is 5.56 Å². The Morgan fingerprint density at radius 2 is 2.06 bits per heavy atom. The van der Waals surface area contributed by atoms with Crippen LogP contribution in [0.4, 0.5) is 5.69 Å². The van der Waals surface area contributed by atoms with Crippen molar-refractivity contribution in [2.24, 2.45) is 0 Å². The van der Waals surface area contributed by atoms with Crippen molar-refractivity contribution in [3.05, 3.63) is 40.7 Å². The molecule has 3 nitrogen and oxygen atoms in total. The van der Waals surface area contributed by atoms with Gasteiger partial charge in [-0.25, -0.2) is 0 Å². The average Bonchev–Trinajstić information content (AvgIpc) is 2.97. The molecular weight excluding hydrogens is 288 g/mol. The molecule has 1 aliphatic rings. The smallest absolute Gasteiger partial charge is 0.251 e. The van der Waals surface area contributed by atoms with Crippen LogP contribution in [0.25, 0.3) is 10.4 Å². The molecule has 2 heterocycles. The molecule has 18 heavy (non-hydrogen) atoms. The lowest BCUT2D eigenvalue weighted by Crippen LogP contribution is -2.15. The average molecular weight is 297 g/mol. The van der Waals surface area contributed by atoms with Gasteiger partial charge in [0, 0.05) is 5.38 Å². The van der Waals surface area contributed by atoms with E-state index in [1.54, 1.807) is 11.3 Å². The minimum Gasteiger partial charge on any atom is -0.287 e. The molecule has 1 saturated heterocycles. The summed E-state index contributed by atoms with van der Waals surface area (Å²) in [6.07, 6.45) is 0. The van der Waals surface area contributed by atoms with Crippen molar-refractivity contribution in [1.82, 2.24) is 4.72 Å². The van der Waals surface area contributed by atoms with Gasteiger partial charge < -0.3 is 0 Å². The minimum atomic E-state index is 0.00327. The number of carbonyl (C=O) groups is 1. The van der Waals surface area contributed by atoms with E-state index in [9.17, 15) is 4.79 Å². The normalized spacial score (nSPS) is 14.9. The number of hydrogen-bond acceptors (Lipinski definition) is 4. The van der Waals surface area contributed by atoms with E-state index in [0.29, 0.717) is 11.6 Å². The Hall–Kier alpha value is -1.17. The number of benzene rings is 1. The lowest BCUT2D eigenvalue weighted by Gasteiger charge is -2.11. The highest BCUT2D eigenvalue weighted by Crippen LogP contribution is 2.43. The van der Waals surface area contributed by atoms with E-state index in [2.05, 4.69) is 4.72 Å². The topological polar surface area (TPSA) is 32.3 Å². The van der Waals surface area contributed by atoms with Gasteiger partial charge in [-0.3, -0.25) is 13.8 Å². The van der Waals surface area contributed by atoms with Crippen LogP contribution >= 0.6 is 35.1 Å². The lowest BCUT2D eigenvalue weighted by atomic mass is 10.2. The number of halogens is 1. The molecule has 0 radical (unpaired) electrons. The number of thiophene rings is 1. The van der Waals surface area contributed by atoms with Gasteiger partial charge in [-0.2, -0.15) is 0 Å². The second-order valence-electron chi connectivity index (χ2n) is 3.78. The number of carbonyl (C=O) groups excluding carboxylic acids is 1. The Labute approximate surface area is 118 Å². The Morgan fingerprint density at radius 3 is 2.72 bits per heavy atom. The fourth-order valence-corrected chi connectivity index (χ4v) is 3.96. The minimum absolute atomic E-state index is 0.00327. The van der Waals surface area contributed by atoms with Gasteiger partial charge in [0.05, 0.1) is 27.7 Å². The number of hydrogen-bond donors (Lipinski definition) is 1. The van der Waals surface area contributed by atoms with Crippen LogP contribution in [-0.4, -0.2) is 12.5 Å². The number of nitrogens with zero attached hydrogens (tertiary/aromatic N) is 1. The number of anilines is 1. The van der Waals surface area contributed by atoms with Crippen molar-refractivity contribution in [3.63, 3.8) is 0 Å². The number of nitrogens with one attached hydrogen (secondary N) is 1. The third-order valence-corrected chi connectivity index (χ3v) is 4.95. The van der Waals surface area contributed by atoms with Crippen LogP contribution in [-0.2, 0) is 4.79 Å². The third-order valence-electron chi connectivity index (χ3n) is 2.57. The van der Waals surface area contributed by atoms with Crippen LogP contribution in [0.5, 0.6) is 0 Å². The number of amides is 1. The van der Waals surface area contributed by atoms with Crippen LogP contribution in [0, 0.1) is 0 Å². The molecule has 1 fully saturated rings. The summed E-state index contributed by atoms with van der Waals surface area (Å²) in [6, 6.07) is 10.0. The van der Waals surface area contributed by atoms with E-state index in [-0.39, 0.29) is 5.91 Å². The van der Waals surface area contributed by atoms with Crippen LogP contribution in [0.2, 0.25) is 5.02 Å². The van der Waals surface area contributed by atoms with E-state index >= 15 is 0 Å². The van der Waals surface area contributed by atoms with Crippen LogP contribution in [0.1, 0.15) is 0 Å². The first-order chi connectivity index (χ1) is 8.75. The predicted molar refractivity (Wildman–Crippen MR) is 77.8 cm³/mol. The van der Waals surface area contributed by atoms with Gasteiger partial charge in [-0.1, -0.05) is 41.9 Å². The third kappa shape index (κ3) is 2.09. The summed E-state index contributed by atoms with van der Waals surface area (Å²) in [5.41, 5.74) is 1.99. The van der Waals surface area contributed by atoms with Gasteiger partial charge >= 0.3 is 0 Å². The Bertz CT molecular complexity index is 585. The van der Waals surface area contributed by atoms with E-state index in [0.717, 1.165) is 16.1 Å². The maximum Gasteiger partial charge on any atom is 0.251 e. The Kier molecular flexibility index (Phi) is 3.20. The van der Waals surface area contributed by atoms with Crippen molar-refractivity contribution in [3.8, 4) is 10.4 Å². The van der Waals surface area contributed by atoms with Crippen LogP contribution in [0.3, 0.4) is 0 Å². The summed E-state index contributed by atoms with van der Waals surface area (Å²) < 4.78 is 4.56. The van der Waals surface area contributed by atoms with Crippen LogP contribution in [0.15, 0.2) is 35.7 Å². The summed E-state index contributed by atoms with van der Waals surface area (Å²) in [4.78, 5) is 12.2. The molecule has 0 unspecified atom stereocenters. The zero-order valence-electron chi connectivity index (χ0n) is 9.22. The zero-order chi connectivity index (χ0) is 12.5. The first kappa shape index (κ1) is 11.9. The maximum absolute atomic E-state index is 11.2. The summed E-state index contributed by atoms with van der Waals surface area (Å²) in [5, 5.41) is 2.69. The molecule has 92 valence electrons. The molecule has 0 atom stereocenters. The Balaban J connectivity index is 1.96. The SMILES string of the molecule is O=C1CN(c2csc(-c3ccccc3)c2Cl)SN1. The molecule has 1 amide bonds. The summed E-state index contributed by atoms with van der Waals surface area (Å²) >= 11 is 9.28. The fourth-order valence-electron chi connectivity index (χ4n) is 1.72. The molecule has 1 aliphatic heterocycles. The summed E-state index contributed by atoms with van der Waals surface area (Å²) in [7, 11) is 0. The van der Waals surface area contributed by atoms with Crippen molar-refractivity contribution < 1.29 is 4.79 Å². The Morgan fingerprint density at radius 1 is 1.28 bits per heavy atom. The number of rotatable bonds is 2. The first-order valence-corrected chi connectivity index (χ1v) is 7.34. The monoisotopic (exact) mass is 296 g/mol.